The zero-order valence-electron chi connectivity index (χ0n) is 24.7. The van der Waals surface area contributed by atoms with Gasteiger partial charge in [0.1, 0.15) is 12.4 Å². The number of fused-ring (bicyclic) bond motifs is 2. The minimum Gasteiger partial charge on any atom is -0.488 e. The molecule has 42 heavy (non-hydrogen) atoms. The molecule has 2 aliphatic heterocycles. The van der Waals surface area contributed by atoms with E-state index < -0.39 is 5.97 Å². The van der Waals surface area contributed by atoms with Crippen molar-refractivity contribution in [2.24, 2.45) is 17.8 Å². The summed E-state index contributed by atoms with van der Waals surface area (Å²) in [5.74, 6) is 0.565. The molecule has 3 aliphatic rings. The quantitative estimate of drug-likeness (QED) is 0.367. The van der Waals surface area contributed by atoms with Crippen molar-refractivity contribution in [3.05, 3.63) is 64.0 Å². The van der Waals surface area contributed by atoms with Crippen molar-refractivity contribution >= 4 is 28.3 Å². The van der Waals surface area contributed by atoms with E-state index in [4.69, 9.17) is 9.72 Å². The molecule has 1 amide bonds. The Hall–Kier alpha value is -3.43. The first kappa shape index (κ1) is 28.7. The Morgan fingerprint density at radius 3 is 2.57 bits per heavy atom. The fraction of sp³-hybridized carbons (Fsp3) is 0.485. The monoisotopic (exact) mass is 588 g/mol. The highest BCUT2D eigenvalue weighted by atomic mass is 32.1. The summed E-state index contributed by atoms with van der Waals surface area (Å²) in [6, 6.07) is 12.7. The van der Waals surface area contributed by atoms with E-state index in [1.54, 1.807) is 11.3 Å². The third kappa shape index (κ3) is 5.90. The van der Waals surface area contributed by atoms with Crippen molar-refractivity contribution in [1.82, 2.24) is 14.8 Å². The van der Waals surface area contributed by atoms with Crippen molar-refractivity contribution in [3.8, 4) is 17.0 Å². The predicted octanol–water partition coefficient (Wildman–Crippen LogP) is 5.22. The second kappa shape index (κ2) is 12.1. The smallest absolute Gasteiger partial charge is 0.307 e. The molecule has 6 rings (SSSR count). The van der Waals surface area contributed by atoms with E-state index in [0.717, 1.165) is 85.4 Å². The number of aryl methyl sites for hydroxylation is 2. The topological polar surface area (TPSA) is 86.2 Å². The maximum absolute atomic E-state index is 12.3. The van der Waals surface area contributed by atoms with Crippen LogP contribution in [0.4, 0.5) is 5.13 Å². The lowest BCUT2D eigenvalue weighted by molar-refractivity contribution is -0.144. The first-order valence-electron chi connectivity index (χ1n) is 15.0. The van der Waals surface area contributed by atoms with Crippen LogP contribution < -0.4 is 9.64 Å². The summed E-state index contributed by atoms with van der Waals surface area (Å²) in [7, 11) is 0. The van der Waals surface area contributed by atoms with Crippen LogP contribution in [0.1, 0.15) is 42.0 Å². The average Bonchev–Trinajstić information content (AvgIpc) is 3.56. The number of thiazole rings is 1. The number of hydrogen-bond acceptors (Lipinski definition) is 7. The molecular weight excluding hydrogens is 548 g/mol. The van der Waals surface area contributed by atoms with Gasteiger partial charge in [-0.25, -0.2) is 4.98 Å². The van der Waals surface area contributed by atoms with Crippen molar-refractivity contribution in [2.45, 2.75) is 46.8 Å². The minimum absolute atomic E-state index is 0.204. The number of ether oxygens (including phenoxy) is 1. The van der Waals surface area contributed by atoms with Crippen LogP contribution in [0.15, 0.2) is 41.8 Å². The van der Waals surface area contributed by atoms with Crippen molar-refractivity contribution in [2.75, 3.05) is 44.2 Å². The Morgan fingerprint density at radius 2 is 1.88 bits per heavy atom. The number of carboxylic acid groups (broad SMARTS) is 1. The molecule has 9 heteroatoms. The number of likely N-dealkylation sites (N-methyl/N-ethyl adjacent to an activating group) is 1. The molecule has 2 unspecified atom stereocenters. The molecule has 3 aromatic rings. The molecule has 2 saturated heterocycles. The fourth-order valence-corrected chi connectivity index (χ4v) is 7.79. The number of benzene rings is 2. The standard InChI is InChI=1S/C33H40N4O4S/c1-4-36-12-11-35(18-30(36)38)15-23-6-7-26(22(3)14-23)19-41-29-10-5-21(2)13-27(29)28-20-42-33(34-28)37-16-24-8-9-25(17-37)31(24)32(39)40/h5-7,10,13-14,20,24-25,31H,4,8-9,11-12,15-19H2,1-3H3,(H,39,40). The van der Waals surface area contributed by atoms with Gasteiger partial charge in [-0.3, -0.25) is 14.5 Å². The second-order valence-electron chi connectivity index (χ2n) is 12.1. The number of rotatable bonds is 9. The Kier molecular flexibility index (Phi) is 8.23. The number of nitrogens with zero attached hydrogens (tertiary/aromatic N) is 4. The molecule has 0 radical (unpaired) electrons. The van der Waals surface area contributed by atoms with E-state index in [-0.39, 0.29) is 23.7 Å². The molecule has 8 nitrogen and oxygen atoms in total. The van der Waals surface area contributed by atoms with Crippen LogP contribution in [-0.2, 0) is 22.7 Å². The first-order valence-corrected chi connectivity index (χ1v) is 15.9. The molecular formula is C33H40N4O4S. The molecule has 2 atom stereocenters. The SMILES string of the molecule is CCN1CCN(Cc2ccc(COc3ccc(C)cc3-c3csc(N4CC5CCC(C4)C5C(=O)O)n3)c(C)c2)CC1=O. The lowest BCUT2D eigenvalue weighted by Gasteiger charge is -2.35. The second-order valence-corrected chi connectivity index (χ2v) is 13.0. The Labute approximate surface area is 251 Å². The average molecular weight is 589 g/mol. The van der Waals surface area contributed by atoms with E-state index in [2.05, 4.69) is 59.4 Å². The number of aliphatic carboxylic acids is 1. The van der Waals surface area contributed by atoms with Gasteiger partial charge in [0, 0.05) is 50.2 Å². The van der Waals surface area contributed by atoms with Crippen LogP contribution in [0.3, 0.4) is 0 Å². The van der Waals surface area contributed by atoms with E-state index in [0.29, 0.717) is 13.2 Å². The molecule has 2 bridgehead atoms. The zero-order chi connectivity index (χ0) is 29.4. The number of aromatic nitrogens is 1. The summed E-state index contributed by atoms with van der Waals surface area (Å²) in [5, 5.41) is 12.7. The summed E-state index contributed by atoms with van der Waals surface area (Å²) in [6.07, 6.45) is 1.98. The fourth-order valence-electron chi connectivity index (χ4n) is 6.94. The minimum atomic E-state index is -0.643. The van der Waals surface area contributed by atoms with Gasteiger partial charge in [0.2, 0.25) is 5.91 Å². The molecule has 0 spiro atoms. The number of carboxylic acids is 1. The molecule has 1 N–H and O–H groups in total. The predicted molar refractivity (Wildman–Crippen MR) is 165 cm³/mol. The lowest BCUT2D eigenvalue weighted by atomic mass is 9.85. The highest BCUT2D eigenvalue weighted by Gasteiger charge is 2.46. The van der Waals surface area contributed by atoms with Crippen LogP contribution in [0.2, 0.25) is 0 Å². The van der Waals surface area contributed by atoms with Gasteiger partial charge >= 0.3 is 5.97 Å². The van der Waals surface area contributed by atoms with Crippen LogP contribution in [-0.4, -0.2) is 71.0 Å². The third-order valence-electron chi connectivity index (χ3n) is 9.27. The number of carbonyl (C=O) groups excluding carboxylic acids is 1. The third-order valence-corrected chi connectivity index (χ3v) is 10.2. The lowest BCUT2D eigenvalue weighted by Crippen LogP contribution is -2.49. The molecule has 1 aliphatic carbocycles. The largest absolute Gasteiger partial charge is 0.488 e. The van der Waals surface area contributed by atoms with E-state index in [1.165, 1.54) is 11.1 Å². The van der Waals surface area contributed by atoms with Gasteiger partial charge < -0.3 is 19.6 Å². The summed E-state index contributed by atoms with van der Waals surface area (Å²) in [5.41, 5.74) is 6.53. The summed E-state index contributed by atoms with van der Waals surface area (Å²) in [6.45, 7) is 11.9. The van der Waals surface area contributed by atoms with Gasteiger partial charge in [0.15, 0.2) is 5.13 Å². The van der Waals surface area contributed by atoms with E-state index >= 15 is 0 Å². The normalized spacial score (nSPS) is 22.5. The van der Waals surface area contributed by atoms with Crippen molar-refractivity contribution in [3.63, 3.8) is 0 Å². The Bertz CT molecular complexity index is 1460. The highest BCUT2D eigenvalue weighted by molar-refractivity contribution is 7.14. The Balaban J connectivity index is 1.12. The molecule has 222 valence electrons. The first-order chi connectivity index (χ1) is 20.3. The van der Waals surface area contributed by atoms with E-state index in [9.17, 15) is 14.7 Å². The number of piperidine rings is 1. The summed E-state index contributed by atoms with van der Waals surface area (Å²) >= 11 is 1.63. The van der Waals surface area contributed by atoms with Gasteiger partial charge in [0.25, 0.3) is 0 Å². The number of carbonyl (C=O) groups is 2. The van der Waals surface area contributed by atoms with Crippen LogP contribution in [0, 0.1) is 31.6 Å². The number of amides is 1. The molecule has 1 saturated carbocycles. The van der Waals surface area contributed by atoms with Crippen LogP contribution in [0.5, 0.6) is 5.75 Å². The van der Waals surface area contributed by atoms with Gasteiger partial charge in [-0.1, -0.05) is 29.8 Å². The van der Waals surface area contributed by atoms with E-state index in [1.807, 2.05) is 17.9 Å². The zero-order valence-corrected chi connectivity index (χ0v) is 25.5. The summed E-state index contributed by atoms with van der Waals surface area (Å²) < 4.78 is 6.41. The van der Waals surface area contributed by atoms with Gasteiger partial charge in [-0.2, -0.15) is 0 Å². The van der Waals surface area contributed by atoms with Crippen LogP contribution in [0.25, 0.3) is 11.3 Å². The highest BCUT2D eigenvalue weighted by Crippen LogP contribution is 2.44. The maximum Gasteiger partial charge on any atom is 0.307 e. The maximum atomic E-state index is 12.3. The molecule has 2 aromatic carbocycles. The van der Waals surface area contributed by atoms with Crippen molar-refractivity contribution in [1.29, 1.82) is 0 Å². The number of anilines is 1. The number of piperazine rings is 1. The molecule has 1 aromatic heterocycles. The van der Waals surface area contributed by atoms with Crippen molar-refractivity contribution < 1.29 is 19.4 Å². The van der Waals surface area contributed by atoms with Gasteiger partial charge in [-0.05, 0) is 74.3 Å². The number of hydrogen-bond donors (Lipinski definition) is 1. The van der Waals surface area contributed by atoms with Gasteiger partial charge in [0.05, 0.1) is 18.2 Å². The Morgan fingerprint density at radius 1 is 1.10 bits per heavy atom. The summed E-state index contributed by atoms with van der Waals surface area (Å²) in [4.78, 5) is 35.5. The van der Waals surface area contributed by atoms with Crippen LogP contribution >= 0.6 is 11.3 Å². The molecule has 3 heterocycles. The molecule has 3 fully saturated rings. The van der Waals surface area contributed by atoms with Gasteiger partial charge in [-0.15, -0.1) is 11.3 Å².